The number of sulfonamides is 1. The number of halogens is 1. The SMILES string of the molecule is CNC(=O)[C@@H](C)N(Cc1cccc(OC)c1)C(=O)CN(c1ccc(F)cc1)S(=O)(=O)c1ccc(OC)cc1. The van der Waals surface area contributed by atoms with Crippen molar-refractivity contribution < 1.29 is 31.9 Å². The molecule has 9 nitrogen and oxygen atoms in total. The van der Waals surface area contributed by atoms with Crippen LogP contribution in [0, 0.1) is 5.82 Å². The predicted octanol–water partition coefficient (Wildman–Crippen LogP) is 3.20. The van der Waals surface area contributed by atoms with Gasteiger partial charge in [-0.1, -0.05) is 12.1 Å². The largest absolute Gasteiger partial charge is 0.497 e. The minimum absolute atomic E-state index is 0.0183. The number of anilines is 1. The van der Waals surface area contributed by atoms with Gasteiger partial charge in [0.25, 0.3) is 10.0 Å². The molecule has 0 fully saturated rings. The molecule has 38 heavy (non-hydrogen) atoms. The van der Waals surface area contributed by atoms with Crippen molar-refractivity contribution in [2.24, 2.45) is 0 Å². The molecule has 1 atom stereocenters. The molecule has 0 spiro atoms. The number of hydrogen-bond acceptors (Lipinski definition) is 6. The van der Waals surface area contributed by atoms with Gasteiger partial charge in [0.15, 0.2) is 0 Å². The van der Waals surface area contributed by atoms with E-state index >= 15 is 0 Å². The highest BCUT2D eigenvalue weighted by atomic mass is 32.2. The van der Waals surface area contributed by atoms with Gasteiger partial charge in [-0.3, -0.25) is 13.9 Å². The second-order valence-electron chi connectivity index (χ2n) is 8.33. The van der Waals surface area contributed by atoms with Crippen LogP contribution < -0.4 is 19.1 Å². The van der Waals surface area contributed by atoms with Crippen molar-refractivity contribution in [1.82, 2.24) is 10.2 Å². The van der Waals surface area contributed by atoms with Crippen LogP contribution in [-0.4, -0.2) is 59.0 Å². The van der Waals surface area contributed by atoms with Crippen LogP contribution in [0.2, 0.25) is 0 Å². The minimum atomic E-state index is -4.27. The molecule has 202 valence electrons. The number of methoxy groups -OCH3 is 2. The molecule has 0 aliphatic rings. The number of carbonyl (C=O) groups excluding carboxylic acids is 2. The minimum Gasteiger partial charge on any atom is -0.497 e. The molecule has 0 heterocycles. The van der Waals surface area contributed by atoms with E-state index in [4.69, 9.17) is 9.47 Å². The zero-order valence-corrected chi connectivity index (χ0v) is 22.4. The van der Waals surface area contributed by atoms with Crippen LogP contribution in [0.25, 0.3) is 0 Å². The summed E-state index contributed by atoms with van der Waals surface area (Å²) in [5.41, 5.74) is 0.768. The molecule has 1 N–H and O–H groups in total. The standard InChI is InChI=1S/C27H30FN3O6S/c1-19(27(33)29-2)30(17-20-6-5-7-24(16-20)37-4)26(32)18-31(22-10-8-21(28)9-11-22)38(34,35)25-14-12-23(36-3)13-15-25/h5-16,19H,17-18H2,1-4H3,(H,29,33)/t19-/m1/s1. The van der Waals surface area contributed by atoms with Crippen molar-refractivity contribution in [3.8, 4) is 11.5 Å². The maximum absolute atomic E-state index is 13.7. The molecule has 0 radical (unpaired) electrons. The van der Waals surface area contributed by atoms with Crippen molar-refractivity contribution in [3.05, 3.63) is 84.2 Å². The fourth-order valence-corrected chi connectivity index (χ4v) is 5.18. The average Bonchev–Trinajstić information content (AvgIpc) is 2.94. The monoisotopic (exact) mass is 543 g/mol. The van der Waals surface area contributed by atoms with E-state index in [1.165, 1.54) is 62.6 Å². The van der Waals surface area contributed by atoms with Gasteiger partial charge in [0.1, 0.15) is 29.9 Å². The third-order valence-electron chi connectivity index (χ3n) is 5.94. The van der Waals surface area contributed by atoms with Gasteiger partial charge in [0, 0.05) is 13.6 Å². The molecule has 0 aliphatic carbocycles. The van der Waals surface area contributed by atoms with E-state index in [1.54, 1.807) is 31.2 Å². The summed E-state index contributed by atoms with van der Waals surface area (Å²) in [4.78, 5) is 27.4. The first kappa shape index (κ1) is 28.5. The number of nitrogens with one attached hydrogen (secondary N) is 1. The molecule has 11 heteroatoms. The molecule has 0 aliphatic heterocycles. The number of hydrogen-bond donors (Lipinski definition) is 1. The van der Waals surface area contributed by atoms with E-state index in [9.17, 15) is 22.4 Å². The van der Waals surface area contributed by atoms with Gasteiger partial charge in [0.05, 0.1) is 24.8 Å². The van der Waals surface area contributed by atoms with Crippen molar-refractivity contribution in [2.75, 3.05) is 32.1 Å². The Morgan fingerprint density at radius 2 is 1.58 bits per heavy atom. The van der Waals surface area contributed by atoms with Crippen molar-refractivity contribution in [2.45, 2.75) is 24.4 Å². The highest BCUT2D eigenvalue weighted by molar-refractivity contribution is 7.92. The van der Waals surface area contributed by atoms with E-state index in [-0.39, 0.29) is 17.1 Å². The summed E-state index contributed by atoms with van der Waals surface area (Å²) in [5.74, 6) is -0.595. The maximum Gasteiger partial charge on any atom is 0.264 e. The number of likely N-dealkylation sites (N-methyl/N-ethyl adjacent to an activating group) is 1. The Morgan fingerprint density at radius 1 is 0.947 bits per heavy atom. The normalized spacial score (nSPS) is 11.8. The maximum atomic E-state index is 13.7. The lowest BCUT2D eigenvalue weighted by molar-refractivity contribution is -0.139. The van der Waals surface area contributed by atoms with Crippen LogP contribution in [0.1, 0.15) is 12.5 Å². The number of benzene rings is 3. The van der Waals surface area contributed by atoms with E-state index in [2.05, 4.69) is 5.32 Å². The molecule has 3 aromatic rings. The fraction of sp³-hybridized carbons (Fsp3) is 0.259. The average molecular weight is 544 g/mol. The summed E-state index contributed by atoms with van der Waals surface area (Å²) in [6.45, 7) is 0.937. The molecule has 3 rings (SSSR count). The lowest BCUT2D eigenvalue weighted by atomic mass is 10.1. The Labute approximate surface area is 221 Å². The summed E-state index contributed by atoms with van der Waals surface area (Å²) >= 11 is 0. The second-order valence-corrected chi connectivity index (χ2v) is 10.2. The Bertz CT molecular complexity index is 1360. The van der Waals surface area contributed by atoms with Gasteiger partial charge in [-0.15, -0.1) is 0 Å². The van der Waals surface area contributed by atoms with Crippen LogP contribution >= 0.6 is 0 Å². The van der Waals surface area contributed by atoms with Crippen LogP contribution in [0.4, 0.5) is 10.1 Å². The predicted molar refractivity (Wildman–Crippen MR) is 141 cm³/mol. The number of nitrogens with zero attached hydrogens (tertiary/aromatic N) is 2. The van der Waals surface area contributed by atoms with E-state index in [0.29, 0.717) is 17.1 Å². The van der Waals surface area contributed by atoms with Gasteiger partial charge >= 0.3 is 0 Å². The fourth-order valence-electron chi connectivity index (χ4n) is 3.77. The molecule has 0 unspecified atom stereocenters. The topological polar surface area (TPSA) is 105 Å². The summed E-state index contributed by atoms with van der Waals surface area (Å²) in [5, 5.41) is 2.52. The number of rotatable bonds is 11. The van der Waals surface area contributed by atoms with Gasteiger partial charge < -0.3 is 19.7 Å². The number of ether oxygens (including phenoxy) is 2. The summed E-state index contributed by atoms with van der Waals surface area (Å²) in [6.07, 6.45) is 0. The molecule has 0 aromatic heterocycles. The lowest BCUT2D eigenvalue weighted by Gasteiger charge is -2.31. The Hall–Kier alpha value is -4.12. The first-order chi connectivity index (χ1) is 18.1. The van der Waals surface area contributed by atoms with Crippen LogP contribution in [0.3, 0.4) is 0 Å². The van der Waals surface area contributed by atoms with Gasteiger partial charge in [-0.25, -0.2) is 12.8 Å². The van der Waals surface area contributed by atoms with E-state index < -0.39 is 40.2 Å². The number of carbonyl (C=O) groups is 2. The van der Waals surface area contributed by atoms with Crippen LogP contribution in [0.5, 0.6) is 11.5 Å². The van der Waals surface area contributed by atoms with Gasteiger partial charge in [-0.05, 0) is 73.2 Å². The molecular weight excluding hydrogens is 513 g/mol. The van der Waals surface area contributed by atoms with Gasteiger partial charge in [-0.2, -0.15) is 0 Å². The molecule has 0 bridgehead atoms. The third kappa shape index (κ3) is 6.60. The molecular formula is C27H30FN3O6S. The number of amides is 2. The highest BCUT2D eigenvalue weighted by Gasteiger charge is 2.32. The zero-order chi connectivity index (χ0) is 27.9. The zero-order valence-electron chi connectivity index (χ0n) is 21.5. The van der Waals surface area contributed by atoms with Gasteiger partial charge in [0.2, 0.25) is 11.8 Å². The Morgan fingerprint density at radius 3 is 2.16 bits per heavy atom. The van der Waals surface area contributed by atoms with E-state index in [0.717, 1.165) is 16.4 Å². The first-order valence-corrected chi connectivity index (χ1v) is 13.1. The summed E-state index contributed by atoms with van der Waals surface area (Å²) in [6, 6.07) is 16.5. The molecule has 3 aromatic carbocycles. The van der Waals surface area contributed by atoms with Crippen molar-refractivity contribution >= 4 is 27.5 Å². The quantitative estimate of drug-likeness (QED) is 0.398. The molecule has 0 saturated heterocycles. The first-order valence-electron chi connectivity index (χ1n) is 11.7. The van der Waals surface area contributed by atoms with Crippen LogP contribution in [0.15, 0.2) is 77.7 Å². The smallest absolute Gasteiger partial charge is 0.264 e. The van der Waals surface area contributed by atoms with E-state index in [1.807, 2.05) is 0 Å². The summed E-state index contributed by atoms with van der Waals surface area (Å²) in [7, 11) is 0.152. The van der Waals surface area contributed by atoms with Crippen LogP contribution in [-0.2, 0) is 26.2 Å². The molecule has 0 saturated carbocycles. The summed E-state index contributed by atoms with van der Waals surface area (Å²) < 4.78 is 52.3. The molecule has 2 amide bonds. The highest BCUT2D eigenvalue weighted by Crippen LogP contribution is 2.26. The Balaban J connectivity index is 2.02. The van der Waals surface area contributed by atoms with Crippen molar-refractivity contribution in [1.29, 1.82) is 0 Å². The second kappa shape index (κ2) is 12.4. The van der Waals surface area contributed by atoms with Crippen molar-refractivity contribution in [3.63, 3.8) is 0 Å². The lowest BCUT2D eigenvalue weighted by Crippen LogP contribution is -2.50. The Kier molecular flexibility index (Phi) is 9.30. The third-order valence-corrected chi connectivity index (χ3v) is 7.73.